The summed E-state index contributed by atoms with van der Waals surface area (Å²) < 4.78 is 19.3. The Bertz CT molecular complexity index is 1030. The molecule has 0 spiro atoms. The molecular formula is C20H18ClFN4O3. The van der Waals surface area contributed by atoms with E-state index in [2.05, 4.69) is 15.7 Å². The van der Waals surface area contributed by atoms with Crippen molar-refractivity contribution in [2.45, 2.75) is 6.92 Å². The average Bonchev–Trinajstić information content (AvgIpc) is 2.98. The molecule has 0 saturated carbocycles. The Hall–Kier alpha value is -3.23. The highest BCUT2D eigenvalue weighted by atomic mass is 35.5. The lowest BCUT2D eigenvalue weighted by atomic mass is 10.2. The first-order chi connectivity index (χ1) is 13.9. The van der Waals surface area contributed by atoms with E-state index < -0.39 is 5.91 Å². The van der Waals surface area contributed by atoms with Crippen LogP contribution in [0.5, 0.6) is 0 Å². The van der Waals surface area contributed by atoms with Gasteiger partial charge in [-0.05, 0) is 55.5 Å². The third-order valence-electron chi connectivity index (χ3n) is 4.00. The van der Waals surface area contributed by atoms with Gasteiger partial charge in [-0.1, -0.05) is 11.6 Å². The summed E-state index contributed by atoms with van der Waals surface area (Å²) in [4.78, 5) is 24.2. The van der Waals surface area contributed by atoms with Crippen molar-refractivity contribution in [1.29, 1.82) is 0 Å². The van der Waals surface area contributed by atoms with Crippen LogP contribution in [0.4, 0.5) is 15.8 Å². The number of halogens is 2. The fraction of sp³-hybridized carbons (Fsp3) is 0.150. The van der Waals surface area contributed by atoms with Gasteiger partial charge in [0.05, 0.1) is 11.4 Å². The van der Waals surface area contributed by atoms with E-state index >= 15 is 0 Å². The number of carbonyl (C=O) groups excluding carboxylic acids is 2. The molecule has 0 fully saturated rings. The summed E-state index contributed by atoms with van der Waals surface area (Å²) in [6, 6.07) is 12.2. The second kappa shape index (κ2) is 8.85. The van der Waals surface area contributed by atoms with Crippen LogP contribution in [-0.2, 0) is 9.53 Å². The number of amides is 2. The van der Waals surface area contributed by atoms with E-state index in [1.807, 2.05) is 0 Å². The van der Waals surface area contributed by atoms with Crippen LogP contribution in [0.3, 0.4) is 0 Å². The van der Waals surface area contributed by atoms with E-state index in [9.17, 15) is 14.0 Å². The van der Waals surface area contributed by atoms with Crippen molar-refractivity contribution in [3.05, 3.63) is 70.8 Å². The minimum absolute atomic E-state index is 0.0473. The summed E-state index contributed by atoms with van der Waals surface area (Å²) in [5, 5.41) is 9.81. The van der Waals surface area contributed by atoms with Gasteiger partial charge in [-0.15, -0.1) is 0 Å². The molecule has 0 bridgehead atoms. The Labute approximate surface area is 171 Å². The van der Waals surface area contributed by atoms with Crippen LogP contribution in [-0.4, -0.2) is 35.3 Å². The van der Waals surface area contributed by atoms with E-state index in [1.54, 1.807) is 31.2 Å². The quantitative estimate of drug-likeness (QED) is 0.639. The number of ether oxygens (including phenoxy) is 1. The average molecular weight is 417 g/mol. The number of anilines is 2. The van der Waals surface area contributed by atoms with Gasteiger partial charge in [-0.3, -0.25) is 9.59 Å². The fourth-order valence-corrected chi connectivity index (χ4v) is 3.03. The lowest BCUT2D eigenvalue weighted by Crippen LogP contribution is -2.17. The molecule has 2 N–H and O–H groups in total. The molecule has 29 heavy (non-hydrogen) atoms. The van der Waals surface area contributed by atoms with Crippen LogP contribution in [0.1, 0.15) is 16.1 Å². The predicted octanol–water partition coefficient (Wildman–Crippen LogP) is 3.81. The number of methoxy groups -OCH3 is 1. The molecule has 1 aromatic heterocycles. The molecule has 0 atom stereocenters. The second-order valence-corrected chi connectivity index (χ2v) is 6.51. The van der Waals surface area contributed by atoms with Gasteiger partial charge in [0.25, 0.3) is 5.91 Å². The van der Waals surface area contributed by atoms with Crippen molar-refractivity contribution >= 4 is 34.8 Å². The van der Waals surface area contributed by atoms with Gasteiger partial charge in [0, 0.05) is 18.5 Å². The van der Waals surface area contributed by atoms with Gasteiger partial charge in [-0.25, -0.2) is 9.07 Å². The van der Waals surface area contributed by atoms with E-state index in [1.165, 1.54) is 36.1 Å². The van der Waals surface area contributed by atoms with E-state index in [0.717, 1.165) is 0 Å². The van der Waals surface area contributed by atoms with Crippen molar-refractivity contribution in [2.24, 2.45) is 0 Å². The minimum atomic E-state index is -0.433. The molecule has 0 aliphatic carbocycles. The molecule has 3 rings (SSSR count). The topological polar surface area (TPSA) is 85.2 Å². The van der Waals surface area contributed by atoms with Crippen LogP contribution < -0.4 is 10.6 Å². The van der Waals surface area contributed by atoms with Crippen molar-refractivity contribution in [3.63, 3.8) is 0 Å². The number of aromatic nitrogens is 2. The van der Waals surface area contributed by atoms with Crippen LogP contribution in [0.15, 0.2) is 48.5 Å². The van der Waals surface area contributed by atoms with Gasteiger partial charge < -0.3 is 15.4 Å². The Kier molecular flexibility index (Phi) is 6.26. The Morgan fingerprint density at radius 3 is 2.24 bits per heavy atom. The Morgan fingerprint density at radius 1 is 1.07 bits per heavy atom. The lowest BCUT2D eigenvalue weighted by Gasteiger charge is -2.08. The molecule has 0 unspecified atom stereocenters. The molecule has 0 aliphatic rings. The number of carbonyl (C=O) groups is 2. The largest absolute Gasteiger partial charge is 0.375 e. The van der Waals surface area contributed by atoms with Gasteiger partial charge >= 0.3 is 0 Å². The van der Waals surface area contributed by atoms with Crippen LogP contribution in [0.2, 0.25) is 5.15 Å². The number of nitrogens with one attached hydrogen (secondary N) is 2. The summed E-state index contributed by atoms with van der Waals surface area (Å²) in [7, 11) is 1.43. The van der Waals surface area contributed by atoms with Gasteiger partial charge in [0.15, 0.2) is 0 Å². The third-order valence-corrected chi connectivity index (χ3v) is 4.35. The molecule has 2 aromatic carbocycles. The summed E-state index contributed by atoms with van der Waals surface area (Å²) >= 11 is 6.36. The fourth-order valence-electron chi connectivity index (χ4n) is 2.67. The van der Waals surface area contributed by atoms with Crippen LogP contribution in [0.25, 0.3) is 5.69 Å². The van der Waals surface area contributed by atoms with Crippen LogP contribution in [0, 0.1) is 12.7 Å². The smallest absolute Gasteiger partial charge is 0.260 e. The normalized spacial score (nSPS) is 10.6. The van der Waals surface area contributed by atoms with E-state index in [4.69, 9.17) is 16.3 Å². The highest BCUT2D eigenvalue weighted by Crippen LogP contribution is 2.25. The first-order valence-electron chi connectivity index (χ1n) is 8.60. The van der Waals surface area contributed by atoms with E-state index in [0.29, 0.717) is 22.8 Å². The Balaban J connectivity index is 1.76. The molecule has 2 amide bonds. The highest BCUT2D eigenvalue weighted by Gasteiger charge is 2.21. The molecule has 0 saturated heterocycles. The molecule has 0 aliphatic heterocycles. The van der Waals surface area contributed by atoms with Crippen molar-refractivity contribution < 1.29 is 18.7 Å². The van der Waals surface area contributed by atoms with Crippen LogP contribution >= 0.6 is 11.6 Å². The zero-order valence-corrected chi connectivity index (χ0v) is 16.5. The summed E-state index contributed by atoms with van der Waals surface area (Å²) in [5.41, 5.74) is 2.27. The molecule has 3 aromatic rings. The number of nitrogens with zero attached hydrogens (tertiary/aromatic N) is 2. The van der Waals surface area contributed by atoms with E-state index in [-0.39, 0.29) is 29.0 Å². The maximum absolute atomic E-state index is 13.1. The van der Waals surface area contributed by atoms with Gasteiger partial charge in [-0.2, -0.15) is 5.10 Å². The molecule has 1 heterocycles. The zero-order chi connectivity index (χ0) is 21.0. The zero-order valence-electron chi connectivity index (χ0n) is 15.7. The van der Waals surface area contributed by atoms with Crippen molar-refractivity contribution in [3.8, 4) is 5.69 Å². The predicted molar refractivity (Wildman–Crippen MR) is 108 cm³/mol. The summed E-state index contributed by atoms with van der Waals surface area (Å²) in [6.45, 7) is 1.61. The maximum atomic E-state index is 13.1. The summed E-state index contributed by atoms with van der Waals surface area (Å²) in [5.74, 6) is -1.09. The van der Waals surface area contributed by atoms with Crippen molar-refractivity contribution in [1.82, 2.24) is 9.78 Å². The standard InChI is InChI=1S/C20H18ClFN4O3/c1-12-18(19(21)26(25-12)16-9-3-13(22)4-10-16)20(28)24-15-7-5-14(6-8-15)23-17(27)11-29-2/h3-10H,11H2,1-2H3,(H,23,27)(H,24,28). The second-order valence-electron chi connectivity index (χ2n) is 6.15. The van der Waals surface area contributed by atoms with Gasteiger partial charge in [0.2, 0.25) is 5.91 Å². The number of hydrogen-bond donors (Lipinski definition) is 2. The highest BCUT2D eigenvalue weighted by molar-refractivity contribution is 6.34. The SMILES string of the molecule is COCC(=O)Nc1ccc(NC(=O)c2c(C)nn(-c3ccc(F)cc3)c2Cl)cc1. The molecule has 0 radical (unpaired) electrons. The number of rotatable bonds is 6. The minimum Gasteiger partial charge on any atom is -0.375 e. The first kappa shape index (κ1) is 20.5. The number of aryl methyl sites for hydroxylation is 1. The Morgan fingerprint density at radius 2 is 1.66 bits per heavy atom. The first-order valence-corrected chi connectivity index (χ1v) is 8.98. The molecule has 7 nitrogen and oxygen atoms in total. The third kappa shape index (κ3) is 4.79. The maximum Gasteiger partial charge on any atom is 0.260 e. The molecule has 9 heteroatoms. The molecule has 150 valence electrons. The monoisotopic (exact) mass is 416 g/mol. The van der Waals surface area contributed by atoms with Crippen molar-refractivity contribution in [2.75, 3.05) is 24.4 Å². The van der Waals surface area contributed by atoms with Gasteiger partial charge in [0.1, 0.15) is 23.1 Å². The number of benzene rings is 2. The number of hydrogen-bond acceptors (Lipinski definition) is 4. The lowest BCUT2D eigenvalue weighted by molar-refractivity contribution is -0.119. The summed E-state index contributed by atoms with van der Waals surface area (Å²) in [6.07, 6.45) is 0. The molecular weight excluding hydrogens is 399 g/mol.